The summed E-state index contributed by atoms with van der Waals surface area (Å²) in [6.45, 7) is 2.37. The van der Waals surface area contributed by atoms with Crippen LogP contribution in [0.1, 0.15) is 51.9 Å². The van der Waals surface area contributed by atoms with Crippen LogP contribution in [0.2, 0.25) is 0 Å². The van der Waals surface area contributed by atoms with Crippen LogP contribution in [0.4, 0.5) is 4.79 Å². The van der Waals surface area contributed by atoms with Crippen LogP contribution in [0.25, 0.3) is 0 Å². The van der Waals surface area contributed by atoms with Crippen LogP contribution in [-0.2, 0) is 4.79 Å². The molecule has 1 rings (SSSR count). The molecule has 0 spiro atoms. The molecule has 0 aromatic carbocycles. The molecule has 4 N–H and O–H groups in total. The Morgan fingerprint density at radius 1 is 1.10 bits per heavy atom. The van der Waals surface area contributed by atoms with E-state index >= 15 is 0 Å². The monoisotopic (exact) mass is 299 g/mol. The Hall–Kier alpha value is -1.30. The highest BCUT2D eigenvalue weighted by Crippen LogP contribution is 2.26. The number of carbonyl (C=O) groups excluding carboxylic acids is 2. The quantitative estimate of drug-likeness (QED) is 0.420. The standard InChI is InChI=1S/C15H29N3O3/c1-12(20)16-9-10-17-15(21)18-14(8-11-19)13-6-4-2-3-5-7-13/h13-14,19H,2-11H2,1H3,(H,16,20)(H2,17,18,21). The van der Waals surface area contributed by atoms with Crippen LogP contribution in [-0.4, -0.2) is 42.8 Å². The lowest BCUT2D eigenvalue weighted by Crippen LogP contribution is -2.47. The first-order valence-electron chi connectivity index (χ1n) is 8.03. The van der Waals surface area contributed by atoms with Crippen molar-refractivity contribution in [2.75, 3.05) is 19.7 Å². The fraction of sp³-hybridized carbons (Fsp3) is 0.867. The van der Waals surface area contributed by atoms with Gasteiger partial charge in [0.05, 0.1) is 0 Å². The summed E-state index contributed by atoms with van der Waals surface area (Å²) in [7, 11) is 0. The summed E-state index contributed by atoms with van der Waals surface area (Å²) in [5.41, 5.74) is 0. The van der Waals surface area contributed by atoms with Crippen molar-refractivity contribution in [3.05, 3.63) is 0 Å². The van der Waals surface area contributed by atoms with Crippen LogP contribution in [0, 0.1) is 5.92 Å². The van der Waals surface area contributed by atoms with Crippen LogP contribution < -0.4 is 16.0 Å². The smallest absolute Gasteiger partial charge is 0.315 e. The lowest BCUT2D eigenvalue weighted by molar-refractivity contribution is -0.118. The average Bonchev–Trinajstić information content (AvgIpc) is 2.72. The summed E-state index contributed by atoms with van der Waals surface area (Å²) < 4.78 is 0. The van der Waals surface area contributed by atoms with E-state index in [1.165, 1.54) is 32.6 Å². The molecule has 0 aliphatic heterocycles. The fourth-order valence-electron chi connectivity index (χ4n) is 2.91. The van der Waals surface area contributed by atoms with Gasteiger partial charge in [0, 0.05) is 32.7 Å². The molecule has 1 fully saturated rings. The lowest BCUT2D eigenvalue weighted by atomic mass is 9.90. The van der Waals surface area contributed by atoms with E-state index in [2.05, 4.69) is 16.0 Å². The Morgan fingerprint density at radius 2 is 1.71 bits per heavy atom. The maximum Gasteiger partial charge on any atom is 0.315 e. The van der Waals surface area contributed by atoms with E-state index in [4.69, 9.17) is 0 Å². The molecular formula is C15H29N3O3. The summed E-state index contributed by atoms with van der Waals surface area (Å²) in [5, 5.41) is 17.6. The Kier molecular flexibility index (Phi) is 8.82. The third kappa shape index (κ3) is 7.90. The van der Waals surface area contributed by atoms with Crippen LogP contribution in [0.3, 0.4) is 0 Å². The van der Waals surface area contributed by atoms with E-state index < -0.39 is 0 Å². The van der Waals surface area contributed by atoms with Gasteiger partial charge < -0.3 is 21.1 Å². The summed E-state index contributed by atoms with van der Waals surface area (Å²) in [5.74, 6) is 0.356. The number of urea groups is 1. The number of rotatable bonds is 7. The number of amides is 3. The lowest BCUT2D eigenvalue weighted by Gasteiger charge is -2.26. The number of nitrogens with one attached hydrogen (secondary N) is 3. The zero-order valence-corrected chi connectivity index (χ0v) is 13.0. The van der Waals surface area contributed by atoms with Gasteiger partial charge in [-0.15, -0.1) is 0 Å². The van der Waals surface area contributed by atoms with Gasteiger partial charge in [-0.1, -0.05) is 25.7 Å². The molecule has 122 valence electrons. The number of carbonyl (C=O) groups is 2. The fourth-order valence-corrected chi connectivity index (χ4v) is 2.91. The van der Waals surface area contributed by atoms with Crippen molar-refractivity contribution in [1.29, 1.82) is 0 Å². The number of aliphatic hydroxyl groups excluding tert-OH is 1. The topological polar surface area (TPSA) is 90.5 Å². The molecule has 1 aliphatic rings. The zero-order chi connectivity index (χ0) is 15.5. The molecule has 1 saturated carbocycles. The molecule has 6 nitrogen and oxygen atoms in total. The highest BCUT2D eigenvalue weighted by molar-refractivity contribution is 5.74. The molecule has 0 saturated heterocycles. The number of aliphatic hydroxyl groups is 1. The molecule has 0 radical (unpaired) electrons. The van der Waals surface area contributed by atoms with Gasteiger partial charge >= 0.3 is 6.03 Å². The zero-order valence-electron chi connectivity index (χ0n) is 13.0. The molecule has 21 heavy (non-hydrogen) atoms. The first-order chi connectivity index (χ1) is 10.1. The Balaban J connectivity index is 2.34. The molecule has 0 aromatic heterocycles. The third-order valence-electron chi connectivity index (χ3n) is 4.01. The molecule has 1 aliphatic carbocycles. The van der Waals surface area contributed by atoms with E-state index in [1.807, 2.05) is 0 Å². The van der Waals surface area contributed by atoms with Crippen molar-refractivity contribution in [3.63, 3.8) is 0 Å². The Morgan fingerprint density at radius 3 is 2.29 bits per heavy atom. The van der Waals surface area contributed by atoms with Gasteiger partial charge in [0.1, 0.15) is 0 Å². The highest BCUT2D eigenvalue weighted by atomic mass is 16.3. The van der Waals surface area contributed by atoms with Crippen molar-refractivity contribution in [2.24, 2.45) is 5.92 Å². The van der Waals surface area contributed by atoms with Gasteiger partial charge in [0.15, 0.2) is 0 Å². The van der Waals surface area contributed by atoms with Crippen molar-refractivity contribution < 1.29 is 14.7 Å². The van der Waals surface area contributed by atoms with Gasteiger partial charge in [-0.05, 0) is 25.2 Å². The minimum Gasteiger partial charge on any atom is -0.396 e. The third-order valence-corrected chi connectivity index (χ3v) is 4.01. The Labute approximate surface area is 127 Å². The second-order valence-electron chi connectivity index (χ2n) is 5.75. The van der Waals surface area contributed by atoms with Crippen LogP contribution in [0.5, 0.6) is 0 Å². The molecule has 0 bridgehead atoms. The summed E-state index contributed by atoms with van der Waals surface area (Å²) in [6, 6.07) is -0.183. The van der Waals surface area contributed by atoms with Crippen molar-refractivity contribution in [3.8, 4) is 0 Å². The first-order valence-corrected chi connectivity index (χ1v) is 8.03. The minimum atomic E-state index is -0.219. The summed E-state index contributed by atoms with van der Waals surface area (Å²) in [4.78, 5) is 22.6. The second kappa shape index (κ2) is 10.4. The minimum absolute atomic E-state index is 0.0360. The van der Waals surface area contributed by atoms with Gasteiger partial charge in [-0.3, -0.25) is 4.79 Å². The van der Waals surface area contributed by atoms with E-state index in [-0.39, 0.29) is 24.6 Å². The van der Waals surface area contributed by atoms with Gasteiger partial charge in [0.2, 0.25) is 5.91 Å². The molecule has 3 amide bonds. The van der Waals surface area contributed by atoms with Crippen molar-refractivity contribution in [1.82, 2.24) is 16.0 Å². The Bertz CT molecular complexity index is 315. The predicted octanol–water partition coefficient (Wildman–Crippen LogP) is 1.14. The van der Waals surface area contributed by atoms with E-state index in [0.29, 0.717) is 25.4 Å². The molecule has 0 aromatic rings. The second-order valence-corrected chi connectivity index (χ2v) is 5.75. The van der Waals surface area contributed by atoms with E-state index in [9.17, 15) is 14.7 Å². The predicted molar refractivity (Wildman–Crippen MR) is 81.9 cm³/mol. The molecule has 6 heteroatoms. The molecular weight excluding hydrogens is 270 g/mol. The maximum atomic E-state index is 11.9. The summed E-state index contributed by atoms with van der Waals surface area (Å²) >= 11 is 0. The van der Waals surface area contributed by atoms with Crippen molar-refractivity contribution in [2.45, 2.75) is 57.9 Å². The van der Waals surface area contributed by atoms with Gasteiger partial charge in [0.25, 0.3) is 0 Å². The van der Waals surface area contributed by atoms with Crippen molar-refractivity contribution >= 4 is 11.9 Å². The summed E-state index contributed by atoms with van der Waals surface area (Å²) in [6.07, 6.45) is 7.80. The van der Waals surface area contributed by atoms with Gasteiger partial charge in [-0.2, -0.15) is 0 Å². The molecule has 0 heterocycles. The largest absolute Gasteiger partial charge is 0.396 e. The van der Waals surface area contributed by atoms with Crippen LogP contribution in [0.15, 0.2) is 0 Å². The molecule has 1 atom stereocenters. The average molecular weight is 299 g/mol. The van der Waals surface area contributed by atoms with E-state index in [0.717, 1.165) is 12.8 Å². The normalized spacial score (nSPS) is 17.6. The van der Waals surface area contributed by atoms with E-state index in [1.54, 1.807) is 0 Å². The maximum absolute atomic E-state index is 11.9. The first kappa shape index (κ1) is 17.8. The highest BCUT2D eigenvalue weighted by Gasteiger charge is 2.23. The number of hydrogen-bond donors (Lipinski definition) is 4. The SMILES string of the molecule is CC(=O)NCCNC(=O)NC(CCO)C1CCCCCC1. The molecule has 1 unspecified atom stereocenters. The van der Waals surface area contributed by atoms with Crippen LogP contribution >= 0.6 is 0 Å². The van der Waals surface area contributed by atoms with Gasteiger partial charge in [-0.25, -0.2) is 4.79 Å². The number of hydrogen-bond acceptors (Lipinski definition) is 3.